The van der Waals surface area contributed by atoms with Crippen molar-refractivity contribution in [1.82, 2.24) is 88.2 Å². The molecule has 6 N–H and O–H groups in total. The number of primary amides is 1. The van der Waals surface area contributed by atoms with Gasteiger partial charge in [0.05, 0.1) is 88.3 Å². The monoisotopic (exact) mass is 1630 g/mol. The van der Waals surface area contributed by atoms with Crippen molar-refractivity contribution in [3.8, 4) is 74.4 Å². The van der Waals surface area contributed by atoms with Gasteiger partial charge in [-0.1, -0.05) is 23.2 Å². The lowest BCUT2D eigenvalue weighted by Gasteiger charge is -2.40. The third kappa shape index (κ3) is 15.8. The number of nitrogens with two attached hydrogens (primary N) is 3. The highest BCUT2D eigenvalue weighted by atomic mass is 35.5. The molecule has 33 heteroatoms. The van der Waals surface area contributed by atoms with Gasteiger partial charge in [-0.3, -0.25) is 24.5 Å². The fourth-order valence-corrected chi connectivity index (χ4v) is 16.4. The molecule has 12 heterocycles. The number of aryl methyl sites for hydroxylation is 3. The first-order valence-corrected chi connectivity index (χ1v) is 38.9. The summed E-state index contributed by atoms with van der Waals surface area (Å²) in [5.41, 5.74) is 26.1. The van der Waals surface area contributed by atoms with Crippen molar-refractivity contribution in [2.75, 3.05) is 59.5 Å². The van der Waals surface area contributed by atoms with Crippen LogP contribution in [0.15, 0.2) is 165 Å². The number of ether oxygens (including phenoxy) is 4. The number of imidazole rings is 3. The van der Waals surface area contributed by atoms with Crippen molar-refractivity contribution in [2.45, 2.75) is 83.8 Å². The molecule has 9 aromatic heterocycles. The smallest absolute Gasteiger partial charge is 0.322 e. The molecule has 0 saturated carbocycles. The third-order valence-corrected chi connectivity index (χ3v) is 22.5. The molecule has 18 rings (SSSR count). The van der Waals surface area contributed by atoms with E-state index in [1.165, 1.54) is 25.3 Å². The van der Waals surface area contributed by atoms with Crippen LogP contribution in [0.4, 0.5) is 18.0 Å². The molecule has 118 heavy (non-hydrogen) atoms. The molecule has 3 aliphatic heterocycles. The van der Waals surface area contributed by atoms with Crippen molar-refractivity contribution in [3.63, 3.8) is 0 Å². The molecule has 15 aromatic rings. The quantitative estimate of drug-likeness (QED) is 0.0858. The number of methoxy groups -OCH3 is 1. The average molecular weight is 1630 g/mol. The number of carbonyl (C=O) groups is 3. The van der Waals surface area contributed by atoms with E-state index in [0.29, 0.717) is 141 Å². The van der Waals surface area contributed by atoms with E-state index in [1.54, 1.807) is 162 Å². The number of hydrogen-bond donors (Lipinski definition) is 3. The zero-order chi connectivity index (χ0) is 82.2. The maximum Gasteiger partial charge on any atom is 0.322 e. The number of hydrogen-bond acceptors (Lipinski definition) is 21. The Morgan fingerprint density at radius 3 is 1.31 bits per heavy atom. The van der Waals surface area contributed by atoms with E-state index in [0.717, 1.165) is 86.8 Å². The summed E-state index contributed by atoms with van der Waals surface area (Å²) in [6.45, 7) is 11.5. The molecule has 0 unspecified atom stereocenters. The summed E-state index contributed by atoms with van der Waals surface area (Å²) in [4.78, 5) is 93.3. The van der Waals surface area contributed by atoms with Gasteiger partial charge >= 0.3 is 24.1 Å². The summed E-state index contributed by atoms with van der Waals surface area (Å²) in [6.07, 6.45) is 19.3. The van der Waals surface area contributed by atoms with E-state index in [-0.39, 0.29) is 60.6 Å². The van der Waals surface area contributed by atoms with Gasteiger partial charge in [0, 0.05) is 180 Å². The normalized spacial score (nSPS) is 14.5. The lowest BCUT2D eigenvalue weighted by atomic mass is 9.89. The fourth-order valence-electron chi connectivity index (χ4n) is 15.9. The van der Waals surface area contributed by atoms with Crippen LogP contribution in [0.2, 0.25) is 10.0 Å². The van der Waals surface area contributed by atoms with Gasteiger partial charge in [0.2, 0.25) is 11.8 Å². The predicted octanol–water partition coefficient (Wildman–Crippen LogP) is 15.3. The van der Waals surface area contributed by atoms with Crippen LogP contribution in [-0.4, -0.2) is 166 Å². The number of aromatic nitrogens is 15. The largest absolute Gasteiger partial charge is 0.496 e. The van der Waals surface area contributed by atoms with E-state index in [4.69, 9.17) is 69.3 Å². The summed E-state index contributed by atoms with van der Waals surface area (Å²) < 4.78 is 75.7. The van der Waals surface area contributed by atoms with Crippen LogP contribution in [0, 0.1) is 38.2 Å². The number of likely N-dealkylation sites (tertiary alicyclic amines) is 3. The van der Waals surface area contributed by atoms with E-state index in [2.05, 4.69) is 70.5 Å². The molecule has 600 valence electrons. The first-order chi connectivity index (χ1) is 57.1. The van der Waals surface area contributed by atoms with E-state index < -0.39 is 23.5 Å². The molecular formula is C85H78Cl2F3N21O7. The van der Waals surface area contributed by atoms with Gasteiger partial charge < -0.3 is 64.5 Å². The van der Waals surface area contributed by atoms with Crippen molar-refractivity contribution in [1.29, 1.82) is 0 Å². The SMILES string of the molecule is COc1cc(Oc2ncccn2)ccc1-c1cc2c(cc1F)ncc1ncn(C3(C)CCN(C(N)=O)CC3)c12.Cc1ccnc(Oc2ccc(-c3cc4c(cc3F)ncc3nc(C)n(C5CCN(C(=O)CN)CC5)c34)c(Cl)c2)n1.Cc1nc2cnc3cc(F)c(-c4ccc(Oc5ncccn5)cc4Cl)cc3c2n1C1CCN(C(=O)CN)CC1. The van der Waals surface area contributed by atoms with Crippen LogP contribution in [-0.2, 0) is 15.1 Å². The first kappa shape index (κ1) is 78.8. The van der Waals surface area contributed by atoms with Crippen LogP contribution in [0.25, 0.3) is 99.2 Å². The second-order valence-electron chi connectivity index (χ2n) is 29.1. The van der Waals surface area contributed by atoms with Crippen molar-refractivity contribution in [2.24, 2.45) is 17.2 Å². The zero-order valence-electron chi connectivity index (χ0n) is 64.7. The van der Waals surface area contributed by atoms with Gasteiger partial charge in [-0.2, -0.15) is 0 Å². The molecule has 0 spiro atoms. The topological polar surface area (TPSA) is 345 Å². The molecule has 0 bridgehead atoms. The first-order valence-electron chi connectivity index (χ1n) is 38.2. The van der Waals surface area contributed by atoms with Crippen LogP contribution < -0.4 is 36.1 Å². The Morgan fingerprint density at radius 1 is 0.466 bits per heavy atom. The second-order valence-corrected chi connectivity index (χ2v) is 30.0. The molecular weight excluding hydrogens is 1550 g/mol. The predicted molar refractivity (Wildman–Crippen MR) is 440 cm³/mol. The number of rotatable bonds is 15. The molecule has 6 aromatic carbocycles. The minimum atomic E-state index is -0.437. The number of halogens is 5. The Morgan fingerprint density at radius 2 is 0.881 bits per heavy atom. The number of piperidine rings is 3. The summed E-state index contributed by atoms with van der Waals surface area (Å²) in [6, 6.07) is 30.5. The molecule has 3 fully saturated rings. The van der Waals surface area contributed by atoms with Gasteiger partial charge in [-0.05, 0) is 139 Å². The molecule has 28 nitrogen and oxygen atoms in total. The maximum atomic E-state index is 15.5. The molecule has 4 amide bonds. The number of urea groups is 1. The van der Waals surface area contributed by atoms with Crippen molar-refractivity contribution >= 4 is 107 Å². The Kier molecular flexibility index (Phi) is 22.2. The van der Waals surface area contributed by atoms with E-state index >= 15 is 13.2 Å². The Balaban J connectivity index is 0.000000132. The van der Waals surface area contributed by atoms with Gasteiger partial charge in [0.15, 0.2) is 0 Å². The number of fused-ring (bicyclic) bond motifs is 9. The summed E-state index contributed by atoms with van der Waals surface area (Å²) in [5, 5.41) is 2.96. The van der Waals surface area contributed by atoms with Crippen molar-refractivity contribution < 1.29 is 46.5 Å². The number of pyridine rings is 3. The van der Waals surface area contributed by atoms with Crippen LogP contribution in [0.5, 0.6) is 41.0 Å². The van der Waals surface area contributed by atoms with E-state index in [9.17, 15) is 14.4 Å². The zero-order valence-corrected chi connectivity index (χ0v) is 66.2. The van der Waals surface area contributed by atoms with Crippen LogP contribution >= 0.6 is 23.2 Å². The van der Waals surface area contributed by atoms with Gasteiger partial charge in [-0.25, -0.2) is 62.8 Å². The number of carbonyl (C=O) groups excluding carboxylic acids is 3. The Hall–Kier alpha value is -13.1. The Bertz CT molecular complexity index is 6380. The van der Waals surface area contributed by atoms with Crippen LogP contribution in [0.1, 0.15) is 74.9 Å². The van der Waals surface area contributed by atoms with E-state index in [1.807, 2.05) is 20.8 Å². The lowest BCUT2D eigenvalue weighted by molar-refractivity contribution is -0.131. The standard InChI is InChI=1S/C29H27ClFN7O2.C28H25ClFN7O2.C28H26FN7O3/c1-16-5-8-33-29(35-16)40-19-3-4-20(23(30)11-19)21-12-22-25(13-24(21)31)34-15-26-28(22)38(17(2)36-26)18-6-9-37(10-7-18)27(39)14-32;1-16-35-25-15-34-24-13-23(30)20(19-4-3-18(11-22(19)29)39-28-32-7-2-8-33-28)12-21(24)27(25)37(16)17-5-9-36(10-6-17)26(38)14-31;1-28(6-10-35(11-7-28)26(30)37)36-16-34-23-15-33-22-14-21(29)19(13-20(22)25(23)36)18-5-4-17(12-24(18)38-2)39-27-31-8-3-9-32-27/h3-5,8,11-13,15,18H,6-7,9-10,14,32H2,1-2H3;2-4,7-8,11-13,15,17H,5-6,9-10,14,31H2,1H3;3-5,8-9,12-16H,6-7,10-11H2,1-2H3,(H2,30,37). The highest BCUT2D eigenvalue weighted by Crippen LogP contribution is 2.44. The third-order valence-electron chi connectivity index (χ3n) is 21.9. The highest BCUT2D eigenvalue weighted by molar-refractivity contribution is 6.34. The fraction of sp³-hybridized carbons (Fsp3) is 0.259. The number of benzene rings is 6. The molecule has 0 aliphatic carbocycles. The summed E-state index contributed by atoms with van der Waals surface area (Å²) in [5.74, 6) is 2.07. The average Bonchev–Trinajstić information content (AvgIpc) is 1.46. The van der Waals surface area contributed by atoms with Crippen LogP contribution in [0.3, 0.4) is 0 Å². The van der Waals surface area contributed by atoms with Gasteiger partial charge in [0.1, 0.15) is 68.6 Å². The number of amides is 4. The molecule has 0 atom stereocenters. The molecule has 3 aliphatic rings. The second kappa shape index (κ2) is 33.2. The highest BCUT2D eigenvalue weighted by Gasteiger charge is 2.36. The van der Waals surface area contributed by atoms with Crippen molar-refractivity contribution in [3.05, 3.63) is 210 Å². The van der Waals surface area contributed by atoms with Gasteiger partial charge in [0.25, 0.3) is 0 Å². The van der Waals surface area contributed by atoms with Gasteiger partial charge in [-0.15, -0.1) is 0 Å². The summed E-state index contributed by atoms with van der Waals surface area (Å²) in [7, 11) is 1.52. The maximum absolute atomic E-state index is 15.5. The molecule has 3 saturated heterocycles. The minimum absolute atomic E-state index is 0.0116. The number of nitrogens with zero attached hydrogens (tertiary/aromatic N) is 18. The Labute approximate surface area is 682 Å². The lowest BCUT2D eigenvalue weighted by Crippen LogP contribution is -2.48. The molecule has 0 radical (unpaired) electrons. The summed E-state index contributed by atoms with van der Waals surface area (Å²) >= 11 is 13.3. The minimum Gasteiger partial charge on any atom is -0.496 e.